The number of ether oxygens (including phenoxy) is 2. The van der Waals surface area contributed by atoms with Gasteiger partial charge >= 0.3 is 11.9 Å². The van der Waals surface area contributed by atoms with Crippen LogP contribution in [0.3, 0.4) is 0 Å². The van der Waals surface area contributed by atoms with E-state index in [-0.39, 0.29) is 12.3 Å². The Morgan fingerprint density at radius 1 is 1.24 bits per heavy atom. The zero-order chi connectivity index (χ0) is 21.1. The number of methoxy groups -OCH3 is 1. The maximum absolute atomic E-state index is 12.3. The van der Waals surface area contributed by atoms with Crippen LogP contribution in [0.1, 0.15) is 18.5 Å². The summed E-state index contributed by atoms with van der Waals surface area (Å²) < 4.78 is 10.8. The number of carbonyl (C=O) groups is 2. The highest BCUT2D eigenvalue weighted by molar-refractivity contribution is 9.10. The van der Waals surface area contributed by atoms with Gasteiger partial charge in [0.2, 0.25) is 0 Å². The molecule has 1 atom stereocenters. The van der Waals surface area contributed by atoms with Gasteiger partial charge in [-0.25, -0.2) is 4.79 Å². The number of nitrogens with zero attached hydrogens (tertiary/aromatic N) is 1. The van der Waals surface area contributed by atoms with Gasteiger partial charge in [-0.3, -0.25) is 9.78 Å². The van der Waals surface area contributed by atoms with Gasteiger partial charge in [0, 0.05) is 22.6 Å². The standard InChI is InChI=1S/C21H22BrN3O4/c1-3-29-20(26)17(18-9-4-5-11-23-18)10-12-24-19(21(27)28-2)14-25-16-8-6-7-15(22)13-16/h4-14,17,24-25H,3H2,1-2H3/b12-10+,19-14-. The molecule has 29 heavy (non-hydrogen) atoms. The fourth-order valence-electron chi connectivity index (χ4n) is 2.33. The van der Waals surface area contributed by atoms with E-state index in [0.29, 0.717) is 5.69 Å². The van der Waals surface area contributed by atoms with E-state index in [9.17, 15) is 9.59 Å². The molecule has 1 aromatic heterocycles. The minimum absolute atomic E-state index is 0.160. The topological polar surface area (TPSA) is 89.6 Å². The molecule has 0 amide bonds. The van der Waals surface area contributed by atoms with E-state index < -0.39 is 17.9 Å². The minimum Gasteiger partial charge on any atom is -0.465 e. The fraction of sp³-hybridized carbons (Fsp3) is 0.190. The van der Waals surface area contributed by atoms with Crippen molar-refractivity contribution in [3.63, 3.8) is 0 Å². The molecule has 0 aliphatic carbocycles. The van der Waals surface area contributed by atoms with Crippen LogP contribution < -0.4 is 10.6 Å². The number of carbonyl (C=O) groups excluding carboxylic acids is 2. The Bertz CT molecular complexity index is 885. The highest BCUT2D eigenvalue weighted by Gasteiger charge is 2.20. The third-order valence-corrected chi connectivity index (χ3v) is 4.18. The average molecular weight is 460 g/mol. The van der Waals surface area contributed by atoms with Crippen LogP contribution in [0.2, 0.25) is 0 Å². The van der Waals surface area contributed by atoms with Crippen molar-refractivity contribution < 1.29 is 19.1 Å². The molecule has 7 nitrogen and oxygen atoms in total. The largest absolute Gasteiger partial charge is 0.465 e. The van der Waals surface area contributed by atoms with Gasteiger partial charge in [0.1, 0.15) is 11.6 Å². The number of pyridine rings is 1. The Balaban J connectivity index is 2.16. The monoisotopic (exact) mass is 459 g/mol. The Kier molecular flexibility index (Phi) is 8.91. The van der Waals surface area contributed by atoms with Gasteiger partial charge in [-0.2, -0.15) is 0 Å². The molecular formula is C21H22BrN3O4. The van der Waals surface area contributed by atoms with Crippen LogP contribution in [0.5, 0.6) is 0 Å². The second kappa shape index (κ2) is 11.7. The van der Waals surface area contributed by atoms with Gasteiger partial charge in [0.25, 0.3) is 0 Å². The molecule has 1 heterocycles. The Morgan fingerprint density at radius 2 is 2.07 bits per heavy atom. The predicted molar refractivity (Wildman–Crippen MR) is 114 cm³/mol. The molecule has 1 aromatic carbocycles. The number of halogens is 1. The maximum Gasteiger partial charge on any atom is 0.355 e. The number of anilines is 1. The fourth-order valence-corrected chi connectivity index (χ4v) is 2.73. The summed E-state index contributed by atoms with van der Waals surface area (Å²) in [6.45, 7) is 1.99. The first kappa shape index (κ1) is 22.2. The first-order valence-corrected chi connectivity index (χ1v) is 9.65. The van der Waals surface area contributed by atoms with Crippen molar-refractivity contribution in [2.75, 3.05) is 19.0 Å². The summed E-state index contributed by atoms with van der Waals surface area (Å²) in [5.41, 5.74) is 1.48. The number of benzene rings is 1. The van der Waals surface area contributed by atoms with Gasteiger partial charge in [0.15, 0.2) is 0 Å². The van der Waals surface area contributed by atoms with Gasteiger partial charge < -0.3 is 20.1 Å². The molecule has 0 bridgehead atoms. The van der Waals surface area contributed by atoms with Gasteiger partial charge in [-0.1, -0.05) is 28.1 Å². The molecule has 0 aliphatic rings. The van der Waals surface area contributed by atoms with E-state index in [1.807, 2.05) is 24.3 Å². The van der Waals surface area contributed by atoms with Gasteiger partial charge in [0.05, 0.1) is 19.4 Å². The third kappa shape index (κ3) is 7.08. The molecule has 2 rings (SSSR count). The SMILES string of the molecule is CCOC(=O)C(/C=C/N/C(=C\Nc1cccc(Br)c1)C(=O)OC)c1ccccn1. The minimum atomic E-state index is -0.708. The number of rotatable bonds is 9. The first-order valence-electron chi connectivity index (χ1n) is 8.86. The van der Waals surface area contributed by atoms with E-state index >= 15 is 0 Å². The molecule has 0 saturated carbocycles. The summed E-state index contributed by atoms with van der Waals surface area (Å²) in [5, 5.41) is 5.87. The van der Waals surface area contributed by atoms with E-state index in [1.165, 1.54) is 19.5 Å². The lowest BCUT2D eigenvalue weighted by Crippen LogP contribution is -2.20. The van der Waals surface area contributed by atoms with Crippen LogP contribution in [-0.2, 0) is 19.1 Å². The lowest BCUT2D eigenvalue weighted by atomic mass is 10.1. The molecule has 0 aliphatic heterocycles. The summed E-state index contributed by atoms with van der Waals surface area (Å²) in [6, 6.07) is 12.8. The lowest BCUT2D eigenvalue weighted by Gasteiger charge is -2.12. The van der Waals surface area contributed by atoms with Crippen LogP contribution in [-0.4, -0.2) is 30.6 Å². The zero-order valence-electron chi connectivity index (χ0n) is 16.1. The van der Waals surface area contributed by atoms with Crippen molar-refractivity contribution in [2.24, 2.45) is 0 Å². The molecule has 2 aromatic rings. The van der Waals surface area contributed by atoms with Crippen LogP contribution >= 0.6 is 15.9 Å². The number of hydrogen-bond acceptors (Lipinski definition) is 7. The molecule has 152 valence electrons. The summed E-state index contributed by atoms with van der Waals surface area (Å²) >= 11 is 3.39. The second-order valence-corrected chi connectivity index (χ2v) is 6.61. The molecule has 0 spiro atoms. The Labute approximate surface area is 177 Å². The smallest absolute Gasteiger partial charge is 0.355 e. The molecule has 0 saturated heterocycles. The van der Waals surface area contributed by atoms with Gasteiger partial charge in [-0.15, -0.1) is 0 Å². The highest BCUT2D eigenvalue weighted by atomic mass is 79.9. The summed E-state index contributed by atoms with van der Waals surface area (Å²) in [4.78, 5) is 28.5. The summed E-state index contributed by atoms with van der Waals surface area (Å²) in [6.07, 6.45) is 6.15. The van der Waals surface area contributed by atoms with Crippen molar-refractivity contribution >= 4 is 33.6 Å². The van der Waals surface area contributed by atoms with Crippen molar-refractivity contribution in [3.05, 3.63) is 83.0 Å². The van der Waals surface area contributed by atoms with Crippen LogP contribution in [0.25, 0.3) is 0 Å². The molecule has 0 radical (unpaired) electrons. The highest BCUT2D eigenvalue weighted by Crippen LogP contribution is 2.17. The molecule has 0 fully saturated rings. The van der Waals surface area contributed by atoms with Crippen molar-refractivity contribution in [1.29, 1.82) is 0 Å². The van der Waals surface area contributed by atoms with E-state index in [2.05, 4.69) is 31.5 Å². The first-order chi connectivity index (χ1) is 14.0. The van der Waals surface area contributed by atoms with Gasteiger partial charge in [-0.05, 0) is 49.5 Å². The zero-order valence-corrected chi connectivity index (χ0v) is 17.7. The summed E-state index contributed by atoms with van der Waals surface area (Å²) in [7, 11) is 1.29. The van der Waals surface area contributed by atoms with E-state index in [0.717, 1.165) is 10.2 Å². The molecule has 8 heteroatoms. The summed E-state index contributed by atoms with van der Waals surface area (Å²) in [5.74, 6) is -1.71. The molecule has 2 N–H and O–H groups in total. The van der Waals surface area contributed by atoms with Crippen molar-refractivity contribution in [2.45, 2.75) is 12.8 Å². The van der Waals surface area contributed by atoms with Crippen molar-refractivity contribution in [1.82, 2.24) is 10.3 Å². The lowest BCUT2D eigenvalue weighted by molar-refractivity contribution is -0.143. The molecule has 1 unspecified atom stereocenters. The van der Waals surface area contributed by atoms with E-state index in [4.69, 9.17) is 9.47 Å². The van der Waals surface area contributed by atoms with Crippen LogP contribution in [0, 0.1) is 0 Å². The normalized spacial score (nSPS) is 12.3. The quantitative estimate of drug-likeness (QED) is 0.436. The third-order valence-electron chi connectivity index (χ3n) is 3.69. The number of nitrogens with one attached hydrogen (secondary N) is 2. The molecular weight excluding hydrogens is 438 g/mol. The number of hydrogen-bond donors (Lipinski definition) is 2. The van der Waals surface area contributed by atoms with E-state index in [1.54, 1.807) is 37.4 Å². The number of esters is 2. The Morgan fingerprint density at radius 3 is 2.72 bits per heavy atom. The average Bonchev–Trinajstić information content (AvgIpc) is 2.73. The predicted octanol–water partition coefficient (Wildman–Crippen LogP) is 3.72. The Hall–Kier alpha value is -3.13. The van der Waals surface area contributed by atoms with Crippen molar-refractivity contribution in [3.8, 4) is 0 Å². The maximum atomic E-state index is 12.3. The van der Waals surface area contributed by atoms with Crippen LogP contribution in [0.15, 0.2) is 77.3 Å². The second-order valence-electron chi connectivity index (χ2n) is 5.69. The van der Waals surface area contributed by atoms with Crippen LogP contribution in [0.4, 0.5) is 5.69 Å². The number of aromatic nitrogens is 1.